The minimum absolute atomic E-state index is 0.0151. The van der Waals surface area contributed by atoms with Gasteiger partial charge in [0.1, 0.15) is 5.75 Å². The van der Waals surface area contributed by atoms with Crippen LogP contribution in [0.4, 0.5) is 0 Å². The smallest absolute Gasteiger partial charge is 0.303 e. The average molecular weight is 338 g/mol. The number of phenolic OH excluding ortho intramolecular Hbond substituents is 1. The monoisotopic (exact) mass is 338 g/mol. The predicted octanol–water partition coefficient (Wildman–Crippen LogP) is 2.73. The number of unbranched alkanes of at least 4 members (excludes halogenated alkanes) is 4. The van der Waals surface area contributed by atoms with Crippen molar-refractivity contribution in [3.63, 3.8) is 0 Å². The maximum atomic E-state index is 11.7. The number of carboxylic acid groups (broad SMARTS) is 1. The number of hydrogen-bond donors (Lipinski definition) is 3. The maximum absolute atomic E-state index is 11.7. The zero-order chi connectivity index (χ0) is 18.4. The lowest BCUT2D eigenvalue weighted by Gasteiger charge is -2.06. The second kappa shape index (κ2) is 13.4. The fourth-order valence-electron chi connectivity index (χ4n) is 1.89. The van der Waals surface area contributed by atoms with E-state index in [1.165, 1.54) is 6.07 Å². The normalized spacial score (nSPS) is 10.0. The van der Waals surface area contributed by atoms with Crippen LogP contribution in [-0.2, 0) is 4.79 Å². The molecule has 0 aliphatic carbocycles. The van der Waals surface area contributed by atoms with Gasteiger partial charge in [-0.1, -0.05) is 31.4 Å². The molecule has 0 saturated heterocycles. The molecule has 0 spiro atoms. The van der Waals surface area contributed by atoms with Crippen LogP contribution in [-0.4, -0.2) is 54.7 Å². The topological polar surface area (TPSA) is 89.9 Å². The van der Waals surface area contributed by atoms with Gasteiger partial charge in [0.05, 0.1) is 5.56 Å². The molecular weight excluding hydrogens is 308 g/mol. The van der Waals surface area contributed by atoms with Gasteiger partial charge in [0, 0.05) is 13.0 Å². The molecule has 136 valence electrons. The first-order valence-electron chi connectivity index (χ1n) is 8.23. The Kier molecular flexibility index (Phi) is 12.2. The van der Waals surface area contributed by atoms with E-state index in [0.29, 0.717) is 13.0 Å². The molecule has 0 radical (unpaired) electrons. The summed E-state index contributed by atoms with van der Waals surface area (Å²) in [5.41, 5.74) is 0.286. The molecule has 3 N–H and O–H groups in total. The zero-order valence-corrected chi connectivity index (χ0v) is 14.9. The van der Waals surface area contributed by atoms with Crippen LogP contribution in [0.1, 0.15) is 48.9 Å². The first-order valence-corrected chi connectivity index (χ1v) is 8.23. The van der Waals surface area contributed by atoms with Gasteiger partial charge in [-0.3, -0.25) is 9.59 Å². The highest BCUT2D eigenvalue weighted by Crippen LogP contribution is 2.15. The largest absolute Gasteiger partial charge is 0.507 e. The number of aliphatic carboxylic acids is 1. The fraction of sp³-hybridized carbons (Fsp3) is 0.556. The number of nitrogens with zero attached hydrogens (tertiary/aromatic N) is 1. The fourth-order valence-corrected chi connectivity index (χ4v) is 1.89. The number of carbonyl (C=O) groups is 2. The van der Waals surface area contributed by atoms with Crippen molar-refractivity contribution in [2.24, 2.45) is 0 Å². The van der Waals surface area contributed by atoms with Crippen molar-refractivity contribution >= 4 is 11.9 Å². The molecular formula is C18H30N2O4. The van der Waals surface area contributed by atoms with E-state index in [9.17, 15) is 14.7 Å². The molecule has 6 nitrogen and oxygen atoms in total. The van der Waals surface area contributed by atoms with Gasteiger partial charge in [0.15, 0.2) is 0 Å². The average Bonchev–Trinajstić information content (AvgIpc) is 2.49. The lowest BCUT2D eigenvalue weighted by molar-refractivity contribution is -0.137. The van der Waals surface area contributed by atoms with E-state index < -0.39 is 5.97 Å². The van der Waals surface area contributed by atoms with Crippen molar-refractivity contribution in [3.8, 4) is 5.75 Å². The number of nitrogens with one attached hydrogen (secondary N) is 1. The Bertz CT molecular complexity index is 487. The highest BCUT2D eigenvalue weighted by Gasteiger charge is 2.08. The molecule has 0 aliphatic heterocycles. The van der Waals surface area contributed by atoms with Crippen molar-refractivity contribution in [3.05, 3.63) is 29.8 Å². The van der Waals surface area contributed by atoms with E-state index in [1.807, 2.05) is 26.0 Å². The Labute approximate surface area is 144 Å². The summed E-state index contributed by atoms with van der Waals surface area (Å²) in [7, 11) is 6.00. The van der Waals surface area contributed by atoms with Crippen LogP contribution >= 0.6 is 0 Å². The van der Waals surface area contributed by atoms with Crippen LogP contribution in [0.15, 0.2) is 24.3 Å². The molecule has 6 heteroatoms. The van der Waals surface area contributed by atoms with Crippen LogP contribution in [0.2, 0.25) is 0 Å². The van der Waals surface area contributed by atoms with E-state index in [-0.39, 0.29) is 23.6 Å². The van der Waals surface area contributed by atoms with Gasteiger partial charge in [-0.25, -0.2) is 0 Å². The molecule has 0 fully saturated rings. The number of para-hydroxylation sites is 1. The molecule has 1 amide bonds. The summed E-state index contributed by atoms with van der Waals surface area (Å²) >= 11 is 0. The molecule has 0 saturated carbocycles. The summed E-state index contributed by atoms with van der Waals surface area (Å²) in [4.78, 5) is 24.0. The van der Waals surface area contributed by atoms with Crippen molar-refractivity contribution < 1.29 is 19.8 Å². The quantitative estimate of drug-likeness (QED) is 0.602. The molecule has 0 aromatic heterocycles. The van der Waals surface area contributed by atoms with Crippen molar-refractivity contribution in [2.45, 2.75) is 38.5 Å². The molecule has 0 aliphatic rings. The Hall–Kier alpha value is -2.08. The Balaban J connectivity index is 0.00000118. The van der Waals surface area contributed by atoms with Gasteiger partial charge in [0.25, 0.3) is 5.91 Å². The molecule has 0 atom stereocenters. The van der Waals surface area contributed by atoms with Gasteiger partial charge < -0.3 is 20.4 Å². The van der Waals surface area contributed by atoms with Gasteiger partial charge in [0.2, 0.25) is 0 Å². The van der Waals surface area contributed by atoms with Crippen LogP contribution in [0.3, 0.4) is 0 Å². The Morgan fingerprint density at radius 3 is 2.12 bits per heavy atom. The van der Waals surface area contributed by atoms with Gasteiger partial charge in [-0.15, -0.1) is 0 Å². The lowest BCUT2D eigenvalue weighted by Crippen LogP contribution is -2.24. The lowest BCUT2D eigenvalue weighted by atomic mass is 10.1. The highest BCUT2D eigenvalue weighted by molar-refractivity contribution is 5.96. The van der Waals surface area contributed by atoms with Crippen molar-refractivity contribution in [1.82, 2.24) is 10.2 Å². The Morgan fingerprint density at radius 2 is 1.54 bits per heavy atom. The van der Waals surface area contributed by atoms with E-state index in [4.69, 9.17) is 5.11 Å². The number of hydrogen-bond acceptors (Lipinski definition) is 4. The second-order valence-electron chi connectivity index (χ2n) is 6.03. The summed E-state index contributed by atoms with van der Waals surface area (Å²) in [6.07, 6.45) is 4.62. The van der Waals surface area contributed by atoms with Gasteiger partial charge in [-0.05, 0) is 46.1 Å². The van der Waals surface area contributed by atoms with Crippen molar-refractivity contribution in [1.29, 1.82) is 0 Å². The number of amides is 1. The second-order valence-corrected chi connectivity index (χ2v) is 6.03. The molecule has 1 aromatic carbocycles. The minimum atomic E-state index is -0.750. The third kappa shape index (κ3) is 12.5. The number of benzene rings is 1. The minimum Gasteiger partial charge on any atom is -0.507 e. The first kappa shape index (κ1) is 21.9. The zero-order valence-electron chi connectivity index (χ0n) is 14.9. The molecule has 0 unspecified atom stereocenters. The standard InChI is InChI=1S/C15H21NO4.C3H9N/c17-13-9-6-5-8-12(13)15(20)16-11-7-3-1-2-4-10-14(18)19;1-4(2)3/h5-6,8-9,17H,1-4,7,10-11H2,(H,16,20)(H,18,19);1-3H3. The molecule has 24 heavy (non-hydrogen) atoms. The van der Waals surface area contributed by atoms with Gasteiger partial charge >= 0.3 is 5.97 Å². The van der Waals surface area contributed by atoms with E-state index in [0.717, 1.165) is 25.7 Å². The summed E-state index contributed by atoms with van der Waals surface area (Å²) < 4.78 is 0. The van der Waals surface area contributed by atoms with E-state index in [1.54, 1.807) is 18.2 Å². The number of phenols is 1. The molecule has 0 bridgehead atoms. The number of aromatic hydroxyl groups is 1. The number of carboxylic acids is 1. The number of carbonyl (C=O) groups excluding carboxylic acids is 1. The predicted molar refractivity (Wildman–Crippen MR) is 95.4 cm³/mol. The summed E-state index contributed by atoms with van der Waals surface area (Å²) in [6.45, 7) is 0.562. The third-order valence-electron chi connectivity index (χ3n) is 3.00. The van der Waals surface area contributed by atoms with Crippen LogP contribution in [0.25, 0.3) is 0 Å². The first-order chi connectivity index (χ1) is 11.3. The highest BCUT2D eigenvalue weighted by atomic mass is 16.4. The molecule has 1 rings (SSSR count). The maximum Gasteiger partial charge on any atom is 0.303 e. The van der Waals surface area contributed by atoms with Crippen molar-refractivity contribution in [2.75, 3.05) is 27.7 Å². The molecule has 1 aromatic rings. The van der Waals surface area contributed by atoms with E-state index in [2.05, 4.69) is 5.32 Å². The van der Waals surface area contributed by atoms with Crippen LogP contribution in [0, 0.1) is 0 Å². The Morgan fingerprint density at radius 1 is 1.00 bits per heavy atom. The summed E-state index contributed by atoms with van der Waals surface area (Å²) in [5.74, 6) is -1.03. The molecule has 0 heterocycles. The van der Waals surface area contributed by atoms with Crippen LogP contribution < -0.4 is 5.32 Å². The van der Waals surface area contributed by atoms with E-state index >= 15 is 0 Å². The van der Waals surface area contributed by atoms with Crippen LogP contribution in [0.5, 0.6) is 5.75 Å². The SMILES string of the molecule is CN(C)C.O=C(O)CCCCCCCNC(=O)c1ccccc1O. The number of rotatable bonds is 9. The summed E-state index contributed by atoms with van der Waals surface area (Å²) in [6, 6.07) is 6.44. The third-order valence-corrected chi connectivity index (χ3v) is 3.00. The summed E-state index contributed by atoms with van der Waals surface area (Å²) in [5, 5.41) is 20.8. The van der Waals surface area contributed by atoms with Gasteiger partial charge in [-0.2, -0.15) is 0 Å².